The number of likely N-dealkylation sites (tertiary alicyclic amines) is 1. The van der Waals surface area contributed by atoms with E-state index < -0.39 is 47.1 Å². The number of alkyl halides is 2. The molecule has 1 aromatic carbocycles. The van der Waals surface area contributed by atoms with Gasteiger partial charge < -0.3 is 15.0 Å². The van der Waals surface area contributed by atoms with Crippen molar-refractivity contribution in [1.29, 1.82) is 0 Å². The maximum Gasteiger partial charge on any atom is 0.388 e. The fourth-order valence-electron chi connectivity index (χ4n) is 3.65. The molecule has 2 amide bonds. The minimum Gasteiger partial charge on any atom is -0.417 e. The number of carbonyl (C=O) groups excluding carboxylic acids is 2. The monoisotopic (exact) mass is 425 g/mol. The number of pyridine rings is 1. The summed E-state index contributed by atoms with van der Waals surface area (Å²) in [6.45, 7) is -0.0570. The highest BCUT2D eigenvalue weighted by Crippen LogP contribution is 2.45. The van der Waals surface area contributed by atoms with E-state index in [-0.39, 0.29) is 12.4 Å². The number of anilines is 1. The van der Waals surface area contributed by atoms with Gasteiger partial charge >= 0.3 is 6.61 Å². The number of carbonyl (C=O) groups is 2. The van der Waals surface area contributed by atoms with Crippen molar-refractivity contribution in [2.45, 2.75) is 26.4 Å². The lowest BCUT2D eigenvalue weighted by molar-refractivity contribution is -0.141. The molecule has 3 rings (SSSR count). The molecule has 1 aliphatic heterocycles. The van der Waals surface area contributed by atoms with E-state index >= 15 is 0 Å². The summed E-state index contributed by atoms with van der Waals surface area (Å²) in [5.41, 5.74) is -1.38. The van der Waals surface area contributed by atoms with E-state index in [4.69, 9.17) is 0 Å². The van der Waals surface area contributed by atoms with Gasteiger partial charge in [0, 0.05) is 31.3 Å². The third-order valence-electron chi connectivity index (χ3n) is 5.18. The standard InChI is InChI=1S/C20H19F4N3O3/c1-10-7-11(8-15(25-10)30-19(23)24)12-9-27(3)18(29)20(12,2)17(28)26-14-6-4-5-13(21)16(14)22/h4-8,12,19H,9H2,1-3H3,(H,26,28)/t12-,20-/m0/s1. The van der Waals surface area contributed by atoms with Crippen LogP contribution in [0.3, 0.4) is 0 Å². The predicted octanol–water partition coefficient (Wildman–Crippen LogP) is 3.47. The maximum absolute atomic E-state index is 14.0. The highest BCUT2D eigenvalue weighted by atomic mass is 19.3. The van der Waals surface area contributed by atoms with Crippen LogP contribution in [-0.4, -0.2) is 41.9 Å². The first-order valence-electron chi connectivity index (χ1n) is 8.98. The summed E-state index contributed by atoms with van der Waals surface area (Å²) in [5, 5.41) is 2.28. The van der Waals surface area contributed by atoms with Crippen molar-refractivity contribution in [2.75, 3.05) is 18.9 Å². The van der Waals surface area contributed by atoms with Crippen LogP contribution in [0.2, 0.25) is 0 Å². The number of nitrogens with zero attached hydrogens (tertiary/aromatic N) is 2. The van der Waals surface area contributed by atoms with Crippen molar-refractivity contribution < 1.29 is 31.9 Å². The Morgan fingerprint density at radius 3 is 2.70 bits per heavy atom. The molecule has 2 atom stereocenters. The van der Waals surface area contributed by atoms with Crippen LogP contribution in [0, 0.1) is 24.0 Å². The van der Waals surface area contributed by atoms with E-state index in [2.05, 4.69) is 15.0 Å². The zero-order chi connectivity index (χ0) is 22.2. The van der Waals surface area contributed by atoms with E-state index in [0.717, 1.165) is 6.07 Å². The molecule has 0 saturated carbocycles. The van der Waals surface area contributed by atoms with Gasteiger partial charge in [-0.2, -0.15) is 8.78 Å². The number of amides is 2. The molecule has 2 aromatic rings. The molecule has 30 heavy (non-hydrogen) atoms. The van der Waals surface area contributed by atoms with Gasteiger partial charge in [0.05, 0.1) is 5.69 Å². The van der Waals surface area contributed by atoms with Gasteiger partial charge in [-0.25, -0.2) is 13.8 Å². The second-order valence-electron chi connectivity index (χ2n) is 7.25. The summed E-state index contributed by atoms with van der Waals surface area (Å²) in [4.78, 5) is 31.1. The zero-order valence-electron chi connectivity index (χ0n) is 16.4. The summed E-state index contributed by atoms with van der Waals surface area (Å²) < 4.78 is 57.1. The van der Waals surface area contributed by atoms with Crippen LogP contribution < -0.4 is 10.1 Å². The normalized spacial score (nSPS) is 21.3. The summed E-state index contributed by atoms with van der Waals surface area (Å²) in [6, 6.07) is 6.09. The van der Waals surface area contributed by atoms with Crippen LogP contribution in [0.25, 0.3) is 0 Å². The fourth-order valence-corrected chi connectivity index (χ4v) is 3.65. The molecule has 0 unspecified atom stereocenters. The van der Waals surface area contributed by atoms with Gasteiger partial charge in [-0.3, -0.25) is 9.59 Å². The van der Waals surface area contributed by atoms with Gasteiger partial charge in [0.25, 0.3) is 0 Å². The largest absolute Gasteiger partial charge is 0.417 e. The lowest BCUT2D eigenvalue weighted by atomic mass is 9.74. The Hall–Kier alpha value is -3.17. The Morgan fingerprint density at radius 1 is 1.33 bits per heavy atom. The van der Waals surface area contributed by atoms with Crippen molar-refractivity contribution in [2.24, 2.45) is 5.41 Å². The van der Waals surface area contributed by atoms with Crippen molar-refractivity contribution in [1.82, 2.24) is 9.88 Å². The zero-order valence-corrected chi connectivity index (χ0v) is 16.4. The average Bonchev–Trinajstić information content (AvgIpc) is 2.89. The second kappa shape index (κ2) is 7.92. The smallest absolute Gasteiger partial charge is 0.388 e. The first kappa shape index (κ1) is 21.5. The molecule has 10 heteroatoms. The predicted molar refractivity (Wildman–Crippen MR) is 99.1 cm³/mol. The Balaban J connectivity index is 2.00. The maximum atomic E-state index is 14.0. The average molecular weight is 425 g/mol. The summed E-state index contributed by atoms with van der Waals surface area (Å²) in [7, 11) is 1.49. The molecule has 0 radical (unpaired) electrons. The van der Waals surface area contributed by atoms with E-state index in [0.29, 0.717) is 11.3 Å². The molecule has 0 bridgehead atoms. The molecule has 6 nitrogen and oxygen atoms in total. The number of likely N-dealkylation sites (N-methyl/N-ethyl adjacent to an activating group) is 1. The number of rotatable bonds is 5. The summed E-state index contributed by atoms with van der Waals surface area (Å²) in [6.07, 6.45) is 0. The SMILES string of the molecule is Cc1cc([C@@H]2CN(C)C(=O)[C@]2(C)C(=O)Nc2cccc(F)c2F)cc(OC(F)F)n1. The molecule has 0 aliphatic carbocycles. The number of hydrogen-bond acceptors (Lipinski definition) is 4. The number of ether oxygens (including phenoxy) is 1. The van der Waals surface area contributed by atoms with Crippen LogP contribution in [0.15, 0.2) is 30.3 Å². The Morgan fingerprint density at radius 2 is 2.03 bits per heavy atom. The number of benzene rings is 1. The van der Waals surface area contributed by atoms with E-state index in [9.17, 15) is 27.2 Å². The van der Waals surface area contributed by atoms with Gasteiger partial charge in [0.1, 0.15) is 5.41 Å². The molecule has 1 fully saturated rings. The van der Waals surface area contributed by atoms with Crippen molar-refractivity contribution in [3.8, 4) is 5.88 Å². The first-order chi connectivity index (χ1) is 14.0. The van der Waals surface area contributed by atoms with Crippen LogP contribution in [0.1, 0.15) is 24.1 Å². The summed E-state index contributed by atoms with van der Waals surface area (Å²) >= 11 is 0. The Kier molecular flexibility index (Phi) is 5.69. The lowest BCUT2D eigenvalue weighted by Crippen LogP contribution is -2.43. The molecule has 1 aromatic heterocycles. The lowest BCUT2D eigenvalue weighted by Gasteiger charge is -2.28. The number of hydrogen-bond donors (Lipinski definition) is 1. The molecule has 2 heterocycles. The van der Waals surface area contributed by atoms with Crippen LogP contribution in [0.4, 0.5) is 23.2 Å². The van der Waals surface area contributed by atoms with E-state index in [1.807, 2.05) is 0 Å². The molecule has 1 N–H and O–H groups in total. The highest BCUT2D eigenvalue weighted by Gasteiger charge is 2.55. The number of aromatic nitrogens is 1. The van der Waals surface area contributed by atoms with E-state index in [1.54, 1.807) is 13.0 Å². The van der Waals surface area contributed by atoms with E-state index in [1.165, 1.54) is 37.1 Å². The molecule has 0 spiro atoms. The second-order valence-corrected chi connectivity index (χ2v) is 7.25. The molecule has 1 aliphatic rings. The Labute approximate surface area is 169 Å². The summed E-state index contributed by atoms with van der Waals surface area (Å²) in [5.74, 6) is -4.92. The highest BCUT2D eigenvalue weighted by molar-refractivity contribution is 6.12. The third-order valence-corrected chi connectivity index (χ3v) is 5.18. The molecule has 1 saturated heterocycles. The quantitative estimate of drug-likeness (QED) is 0.588. The minimum absolute atomic E-state index is 0.103. The van der Waals surface area contributed by atoms with Gasteiger partial charge in [0.15, 0.2) is 11.6 Å². The number of halogens is 4. The fraction of sp³-hybridized carbons (Fsp3) is 0.350. The molecular weight excluding hydrogens is 406 g/mol. The third kappa shape index (κ3) is 3.81. The van der Waals surface area contributed by atoms with Gasteiger partial charge in [-0.1, -0.05) is 6.07 Å². The number of aryl methyl sites for hydroxylation is 1. The molecule has 160 valence electrons. The van der Waals surface area contributed by atoms with Crippen LogP contribution in [0.5, 0.6) is 5.88 Å². The van der Waals surface area contributed by atoms with Gasteiger partial charge in [-0.05, 0) is 37.6 Å². The van der Waals surface area contributed by atoms with Crippen molar-refractivity contribution in [3.63, 3.8) is 0 Å². The number of nitrogens with one attached hydrogen (secondary N) is 1. The van der Waals surface area contributed by atoms with Crippen LogP contribution in [-0.2, 0) is 9.59 Å². The van der Waals surface area contributed by atoms with Crippen molar-refractivity contribution in [3.05, 3.63) is 53.2 Å². The van der Waals surface area contributed by atoms with Gasteiger partial charge in [0.2, 0.25) is 17.7 Å². The molecular formula is C20H19F4N3O3. The van der Waals surface area contributed by atoms with Crippen LogP contribution >= 0.6 is 0 Å². The first-order valence-corrected chi connectivity index (χ1v) is 8.98. The Bertz CT molecular complexity index is 1000. The minimum atomic E-state index is -3.09. The topological polar surface area (TPSA) is 71.5 Å². The van der Waals surface area contributed by atoms with Gasteiger partial charge in [-0.15, -0.1) is 0 Å². The van der Waals surface area contributed by atoms with Crippen molar-refractivity contribution >= 4 is 17.5 Å².